The van der Waals surface area contributed by atoms with Gasteiger partial charge in [0.05, 0.1) is 9.60 Å². The van der Waals surface area contributed by atoms with Gasteiger partial charge in [-0.2, -0.15) is 0 Å². The predicted octanol–water partition coefficient (Wildman–Crippen LogP) is 4.17. The van der Waals surface area contributed by atoms with Gasteiger partial charge in [0.15, 0.2) is 15.0 Å². The lowest BCUT2D eigenvalue weighted by atomic mass is 10.3. The highest BCUT2D eigenvalue weighted by atomic mass is 32.2. The van der Waals surface area contributed by atoms with Gasteiger partial charge < -0.3 is 4.90 Å². The van der Waals surface area contributed by atoms with Crippen molar-refractivity contribution in [1.29, 1.82) is 0 Å². The first-order valence-corrected chi connectivity index (χ1v) is 13.7. The van der Waals surface area contributed by atoms with Crippen molar-refractivity contribution in [2.45, 2.75) is 22.6 Å². The zero-order valence-corrected chi connectivity index (χ0v) is 20.4. The number of anilines is 1. The molecule has 0 atom stereocenters. The fourth-order valence-corrected chi connectivity index (χ4v) is 5.83. The van der Waals surface area contributed by atoms with Crippen LogP contribution in [-0.4, -0.2) is 63.4 Å². The molecule has 0 fully saturated rings. The molecule has 166 valence electrons. The van der Waals surface area contributed by atoms with Crippen LogP contribution in [0.15, 0.2) is 58.3 Å². The van der Waals surface area contributed by atoms with Crippen molar-refractivity contribution >= 4 is 54.2 Å². The molecule has 0 spiro atoms. The molecule has 2 aromatic carbocycles. The number of likely N-dealkylation sites (N-methyl/N-ethyl adjacent to an activating group) is 1. The lowest BCUT2D eigenvalue weighted by Crippen LogP contribution is -2.36. The molecule has 0 bridgehead atoms. The van der Waals surface area contributed by atoms with Crippen molar-refractivity contribution in [2.24, 2.45) is 0 Å². The van der Waals surface area contributed by atoms with Gasteiger partial charge >= 0.3 is 0 Å². The van der Waals surface area contributed by atoms with E-state index in [2.05, 4.69) is 17.1 Å². The van der Waals surface area contributed by atoms with E-state index in [0.29, 0.717) is 30.2 Å². The van der Waals surface area contributed by atoms with Gasteiger partial charge in [0, 0.05) is 30.7 Å². The maximum absolute atomic E-state index is 13.1. The molecule has 6 nitrogen and oxygen atoms in total. The number of fused-ring (bicyclic) bond motifs is 1. The van der Waals surface area contributed by atoms with E-state index in [1.165, 1.54) is 22.5 Å². The number of amides is 1. The molecule has 9 heteroatoms. The monoisotopic (exact) mass is 477 g/mol. The van der Waals surface area contributed by atoms with Crippen LogP contribution in [0.5, 0.6) is 0 Å². The van der Waals surface area contributed by atoms with Gasteiger partial charge in [0.1, 0.15) is 5.52 Å². The lowest BCUT2D eigenvalue weighted by molar-refractivity contribution is -0.118. The van der Waals surface area contributed by atoms with E-state index in [4.69, 9.17) is 0 Å². The van der Waals surface area contributed by atoms with Crippen LogP contribution in [0.25, 0.3) is 10.2 Å². The van der Waals surface area contributed by atoms with Gasteiger partial charge in [-0.1, -0.05) is 35.6 Å². The number of rotatable bonds is 10. The van der Waals surface area contributed by atoms with Crippen LogP contribution in [-0.2, 0) is 14.6 Å². The average molecular weight is 478 g/mol. The number of benzene rings is 2. The molecule has 1 heterocycles. The summed E-state index contributed by atoms with van der Waals surface area (Å²) in [5.74, 6) is 0.866. The fraction of sp³-hybridized carbons (Fsp3) is 0.364. The third kappa shape index (κ3) is 6.52. The van der Waals surface area contributed by atoms with Crippen LogP contribution in [0.2, 0.25) is 0 Å². The Balaban J connectivity index is 1.76. The van der Waals surface area contributed by atoms with Crippen molar-refractivity contribution in [1.82, 2.24) is 9.88 Å². The summed E-state index contributed by atoms with van der Waals surface area (Å²) in [5.41, 5.74) is 0.437. The van der Waals surface area contributed by atoms with E-state index >= 15 is 0 Å². The smallest absolute Gasteiger partial charge is 0.228 e. The van der Waals surface area contributed by atoms with Gasteiger partial charge in [-0.15, -0.1) is 11.8 Å². The van der Waals surface area contributed by atoms with Crippen molar-refractivity contribution in [3.05, 3.63) is 48.5 Å². The highest BCUT2D eigenvalue weighted by molar-refractivity contribution is 7.99. The number of aromatic nitrogens is 1. The summed E-state index contributed by atoms with van der Waals surface area (Å²) in [7, 11) is 0.513. The molecule has 1 amide bonds. The van der Waals surface area contributed by atoms with Crippen molar-refractivity contribution in [3.63, 3.8) is 0 Å². The van der Waals surface area contributed by atoms with E-state index in [0.717, 1.165) is 16.9 Å². The minimum Gasteiger partial charge on any atom is -0.308 e. The van der Waals surface area contributed by atoms with E-state index in [-0.39, 0.29) is 10.8 Å². The van der Waals surface area contributed by atoms with Gasteiger partial charge in [-0.05, 0) is 50.5 Å². The Bertz CT molecular complexity index is 1130. The van der Waals surface area contributed by atoms with E-state index in [1.807, 2.05) is 43.3 Å². The standard InChI is InChI=1S/C22H27N3O3S3/c1-24(2)14-15-25(20(26)13-8-16-29-17-9-5-4-6-10-17)22-23-21-18(30-22)11-7-12-19(21)31(3,27)28/h4-7,9-12H,8,13-16H2,1-3H3. The first-order valence-electron chi connectivity index (χ1n) is 9.98. The number of hydrogen-bond acceptors (Lipinski definition) is 7. The Hall–Kier alpha value is -1.94. The van der Waals surface area contributed by atoms with Gasteiger partial charge in [0.25, 0.3) is 0 Å². The second-order valence-electron chi connectivity index (χ2n) is 7.49. The summed E-state index contributed by atoms with van der Waals surface area (Å²) < 4.78 is 25.0. The number of hydrogen-bond donors (Lipinski definition) is 0. The molecule has 31 heavy (non-hydrogen) atoms. The van der Waals surface area contributed by atoms with Crippen LogP contribution in [0.3, 0.4) is 0 Å². The number of thioether (sulfide) groups is 1. The largest absolute Gasteiger partial charge is 0.308 e. The summed E-state index contributed by atoms with van der Waals surface area (Å²) in [6.07, 6.45) is 2.36. The van der Waals surface area contributed by atoms with Crippen molar-refractivity contribution in [3.8, 4) is 0 Å². The zero-order chi connectivity index (χ0) is 22.4. The van der Waals surface area contributed by atoms with Gasteiger partial charge in [-0.25, -0.2) is 13.4 Å². The van der Waals surface area contributed by atoms with Gasteiger partial charge in [-0.3, -0.25) is 9.69 Å². The molecule has 0 radical (unpaired) electrons. The summed E-state index contributed by atoms with van der Waals surface area (Å²) in [6, 6.07) is 15.3. The molecule has 3 aromatic rings. The maximum atomic E-state index is 13.1. The molecule has 0 aliphatic carbocycles. The van der Waals surface area contributed by atoms with Crippen LogP contribution in [0, 0.1) is 0 Å². The van der Waals surface area contributed by atoms with E-state index in [1.54, 1.807) is 28.8 Å². The van der Waals surface area contributed by atoms with Crippen LogP contribution >= 0.6 is 23.1 Å². The van der Waals surface area contributed by atoms with Crippen LogP contribution in [0.1, 0.15) is 12.8 Å². The predicted molar refractivity (Wildman–Crippen MR) is 130 cm³/mol. The third-order valence-corrected chi connectivity index (χ3v) is 7.89. The number of sulfone groups is 1. The molecule has 0 saturated carbocycles. The number of carbonyl (C=O) groups excluding carboxylic acids is 1. The first-order chi connectivity index (χ1) is 14.8. The Labute approximate surface area is 192 Å². The zero-order valence-electron chi connectivity index (χ0n) is 17.9. The maximum Gasteiger partial charge on any atom is 0.228 e. The molecular weight excluding hydrogens is 450 g/mol. The Morgan fingerprint density at radius 3 is 2.48 bits per heavy atom. The molecule has 0 N–H and O–H groups in total. The Kier molecular flexibility index (Phi) is 8.10. The molecule has 0 aliphatic heterocycles. The minimum atomic E-state index is -3.40. The van der Waals surface area contributed by atoms with E-state index < -0.39 is 9.84 Å². The molecule has 0 saturated heterocycles. The van der Waals surface area contributed by atoms with Crippen molar-refractivity contribution in [2.75, 3.05) is 44.1 Å². The second-order valence-corrected chi connectivity index (χ2v) is 11.6. The first kappa shape index (κ1) is 23.7. The summed E-state index contributed by atoms with van der Waals surface area (Å²) in [4.78, 5) is 22.8. The quantitative estimate of drug-likeness (QED) is 0.322. The molecule has 0 aliphatic rings. The van der Waals surface area contributed by atoms with Crippen molar-refractivity contribution < 1.29 is 13.2 Å². The highest BCUT2D eigenvalue weighted by Crippen LogP contribution is 2.33. The average Bonchev–Trinajstić information content (AvgIpc) is 3.15. The summed E-state index contributed by atoms with van der Waals surface area (Å²) in [5, 5.41) is 0.550. The second kappa shape index (κ2) is 10.6. The summed E-state index contributed by atoms with van der Waals surface area (Å²) in [6.45, 7) is 1.20. The van der Waals surface area contributed by atoms with E-state index in [9.17, 15) is 13.2 Å². The third-order valence-electron chi connectivity index (χ3n) is 4.62. The van der Waals surface area contributed by atoms with Crippen LogP contribution < -0.4 is 4.90 Å². The molecule has 3 rings (SSSR count). The number of para-hydroxylation sites is 1. The number of nitrogens with zero attached hydrogens (tertiary/aromatic N) is 3. The number of thiazole rings is 1. The SMILES string of the molecule is CN(C)CCN(C(=O)CCCSc1ccccc1)c1nc2c(S(C)(=O)=O)cccc2s1. The van der Waals surface area contributed by atoms with Gasteiger partial charge in [0.2, 0.25) is 5.91 Å². The summed E-state index contributed by atoms with van der Waals surface area (Å²) >= 11 is 3.10. The lowest BCUT2D eigenvalue weighted by Gasteiger charge is -2.22. The molecule has 0 unspecified atom stereocenters. The molecule has 1 aromatic heterocycles. The Morgan fingerprint density at radius 1 is 1.06 bits per heavy atom. The Morgan fingerprint density at radius 2 is 1.81 bits per heavy atom. The molecular formula is C22H27N3O3S3. The fourth-order valence-electron chi connectivity index (χ4n) is 3.02. The minimum absolute atomic E-state index is 0.00970. The number of carbonyl (C=O) groups is 1. The van der Waals surface area contributed by atoms with Crippen LogP contribution in [0.4, 0.5) is 5.13 Å². The topological polar surface area (TPSA) is 70.6 Å². The highest BCUT2D eigenvalue weighted by Gasteiger charge is 2.22. The normalized spacial score (nSPS) is 11.9.